The van der Waals surface area contributed by atoms with Crippen molar-refractivity contribution in [1.29, 1.82) is 0 Å². The third kappa shape index (κ3) is 2.40. The van der Waals surface area contributed by atoms with E-state index in [-0.39, 0.29) is 30.2 Å². The summed E-state index contributed by atoms with van der Waals surface area (Å²) in [5, 5.41) is 0. The molecule has 0 bridgehead atoms. The van der Waals surface area contributed by atoms with Crippen LogP contribution in [0, 0.1) is 0 Å². The molecule has 2 aliphatic heterocycles. The maximum absolute atomic E-state index is 12.4. The Bertz CT molecular complexity index is 680. The van der Waals surface area contributed by atoms with Crippen LogP contribution in [-0.2, 0) is 9.47 Å². The summed E-state index contributed by atoms with van der Waals surface area (Å²) in [4.78, 5) is 12.4. The van der Waals surface area contributed by atoms with Gasteiger partial charge in [-0.05, 0) is 29.8 Å². The molecule has 0 saturated carbocycles. The predicted octanol–water partition coefficient (Wildman–Crippen LogP) is 2.79. The third-order valence-corrected chi connectivity index (χ3v) is 4.14. The Balaban J connectivity index is 1.39. The summed E-state index contributed by atoms with van der Waals surface area (Å²) in [5.74, 6) is 0.745. The minimum absolute atomic E-state index is 0.00500. The Morgan fingerprint density at radius 2 is 1.68 bits per heavy atom. The molecule has 0 N–H and O–H groups in total. The number of ether oxygens (including phenoxy) is 3. The van der Waals surface area contributed by atoms with E-state index in [1.165, 1.54) is 0 Å². The van der Waals surface area contributed by atoms with Crippen LogP contribution in [0.15, 0.2) is 54.6 Å². The van der Waals surface area contributed by atoms with Crippen LogP contribution in [0.25, 0.3) is 0 Å². The van der Waals surface area contributed by atoms with Crippen molar-refractivity contribution in [2.24, 2.45) is 0 Å². The number of methoxy groups -OCH3 is 1. The minimum atomic E-state index is -0.382. The first-order valence-electron chi connectivity index (χ1n) is 7.32. The second-order valence-electron chi connectivity index (χ2n) is 5.55. The van der Waals surface area contributed by atoms with Crippen LogP contribution in [0.5, 0.6) is 5.75 Å². The lowest BCUT2D eigenvalue weighted by molar-refractivity contribution is 0.0953. The van der Waals surface area contributed by atoms with Gasteiger partial charge in [0.2, 0.25) is 0 Å². The molecule has 22 heavy (non-hydrogen) atoms. The Labute approximate surface area is 128 Å². The SMILES string of the molecule is COc1ccc(C(=O)[C@@H]2O[C@H]2[C@H]2O[C@@H]2c2ccccc2)cc1. The molecule has 2 saturated heterocycles. The first-order valence-corrected chi connectivity index (χ1v) is 7.32. The Morgan fingerprint density at radius 3 is 2.36 bits per heavy atom. The van der Waals surface area contributed by atoms with Gasteiger partial charge in [0.15, 0.2) is 5.78 Å². The molecule has 0 unspecified atom stereocenters. The molecule has 0 radical (unpaired) electrons. The van der Waals surface area contributed by atoms with Crippen molar-refractivity contribution < 1.29 is 19.0 Å². The molecule has 4 heteroatoms. The van der Waals surface area contributed by atoms with E-state index in [9.17, 15) is 4.79 Å². The van der Waals surface area contributed by atoms with E-state index in [1.807, 2.05) is 30.3 Å². The van der Waals surface area contributed by atoms with Crippen molar-refractivity contribution >= 4 is 5.78 Å². The average molecular weight is 296 g/mol. The molecule has 2 aromatic rings. The van der Waals surface area contributed by atoms with Crippen LogP contribution in [0.2, 0.25) is 0 Å². The highest BCUT2D eigenvalue weighted by Crippen LogP contribution is 2.48. The number of carbonyl (C=O) groups is 1. The molecule has 0 aliphatic carbocycles. The summed E-state index contributed by atoms with van der Waals surface area (Å²) < 4.78 is 16.3. The van der Waals surface area contributed by atoms with Crippen LogP contribution in [0.1, 0.15) is 22.0 Å². The van der Waals surface area contributed by atoms with E-state index in [0.29, 0.717) is 5.56 Å². The summed E-state index contributed by atoms with van der Waals surface area (Å²) in [6, 6.07) is 17.1. The maximum Gasteiger partial charge on any atom is 0.194 e. The molecule has 2 fully saturated rings. The summed E-state index contributed by atoms with van der Waals surface area (Å²) in [7, 11) is 1.60. The quantitative estimate of drug-likeness (QED) is 0.629. The van der Waals surface area contributed by atoms with Gasteiger partial charge in [-0.15, -0.1) is 0 Å². The fourth-order valence-corrected chi connectivity index (χ4v) is 2.79. The molecule has 2 aliphatic rings. The van der Waals surface area contributed by atoms with Crippen LogP contribution in [0.3, 0.4) is 0 Å². The lowest BCUT2D eigenvalue weighted by Gasteiger charge is -2.00. The minimum Gasteiger partial charge on any atom is -0.497 e. The summed E-state index contributed by atoms with van der Waals surface area (Å²) in [6.07, 6.45) is -0.457. The second-order valence-corrected chi connectivity index (χ2v) is 5.55. The topological polar surface area (TPSA) is 51.4 Å². The van der Waals surface area contributed by atoms with Crippen LogP contribution < -0.4 is 4.74 Å². The molecule has 112 valence electrons. The third-order valence-electron chi connectivity index (χ3n) is 4.14. The zero-order valence-corrected chi connectivity index (χ0v) is 12.1. The number of rotatable bonds is 5. The van der Waals surface area contributed by atoms with Crippen LogP contribution in [-0.4, -0.2) is 31.2 Å². The molecule has 0 amide bonds. The zero-order chi connectivity index (χ0) is 15.1. The average Bonchev–Trinajstić information content (AvgIpc) is 3.47. The zero-order valence-electron chi connectivity index (χ0n) is 12.1. The van der Waals surface area contributed by atoms with Gasteiger partial charge >= 0.3 is 0 Å². The van der Waals surface area contributed by atoms with Crippen molar-refractivity contribution in [3.8, 4) is 5.75 Å². The van der Waals surface area contributed by atoms with E-state index < -0.39 is 0 Å². The lowest BCUT2D eigenvalue weighted by atomic mass is 10.0. The Kier molecular flexibility index (Phi) is 3.21. The van der Waals surface area contributed by atoms with E-state index in [1.54, 1.807) is 31.4 Å². The van der Waals surface area contributed by atoms with E-state index >= 15 is 0 Å². The number of carbonyl (C=O) groups excluding carboxylic acids is 1. The Hall–Kier alpha value is -2.17. The highest BCUT2D eigenvalue weighted by Gasteiger charge is 2.60. The standard InChI is InChI=1S/C18H16O4/c1-20-13-9-7-11(8-10-13)14(19)16-18(22-16)17-15(21-17)12-5-3-2-4-6-12/h2-10,15-18H,1H3/t15-,16+,17+,18-/m1/s1. The normalized spacial score (nSPS) is 29.0. The number of epoxide rings is 2. The van der Waals surface area contributed by atoms with E-state index in [4.69, 9.17) is 14.2 Å². The summed E-state index contributed by atoms with van der Waals surface area (Å²) >= 11 is 0. The van der Waals surface area contributed by atoms with Gasteiger partial charge < -0.3 is 14.2 Å². The van der Waals surface area contributed by atoms with Crippen LogP contribution in [0.4, 0.5) is 0 Å². The van der Waals surface area contributed by atoms with Crippen LogP contribution >= 0.6 is 0 Å². The molecule has 4 nitrogen and oxygen atoms in total. The fourth-order valence-electron chi connectivity index (χ4n) is 2.79. The fraction of sp³-hybridized carbons (Fsp3) is 0.278. The lowest BCUT2D eigenvalue weighted by Crippen LogP contribution is -2.13. The van der Waals surface area contributed by atoms with Gasteiger partial charge in [0.1, 0.15) is 30.2 Å². The van der Waals surface area contributed by atoms with Gasteiger partial charge in [0.05, 0.1) is 7.11 Å². The van der Waals surface area contributed by atoms with Gasteiger partial charge in [-0.2, -0.15) is 0 Å². The maximum atomic E-state index is 12.4. The monoisotopic (exact) mass is 296 g/mol. The van der Waals surface area contributed by atoms with Crippen molar-refractivity contribution in [3.63, 3.8) is 0 Å². The van der Waals surface area contributed by atoms with Crippen molar-refractivity contribution in [2.75, 3.05) is 7.11 Å². The highest BCUT2D eigenvalue weighted by atomic mass is 16.7. The molecular formula is C18H16O4. The summed E-state index contributed by atoms with van der Waals surface area (Å²) in [5.41, 5.74) is 1.78. The molecule has 4 rings (SSSR count). The van der Waals surface area contributed by atoms with Gasteiger partial charge in [0, 0.05) is 5.56 Å². The molecule has 0 spiro atoms. The first-order chi connectivity index (χ1) is 10.8. The molecule has 2 heterocycles. The second kappa shape index (κ2) is 5.23. The highest BCUT2D eigenvalue weighted by molar-refractivity contribution is 6.01. The molecule has 4 atom stereocenters. The van der Waals surface area contributed by atoms with E-state index in [0.717, 1.165) is 11.3 Å². The molecule has 2 aromatic carbocycles. The first kappa shape index (κ1) is 13.5. The molecule has 0 aromatic heterocycles. The smallest absolute Gasteiger partial charge is 0.194 e. The van der Waals surface area contributed by atoms with Crippen molar-refractivity contribution in [2.45, 2.75) is 24.4 Å². The Morgan fingerprint density at radius 1 is 0.955 bits per heavy atom. The largest absolute Gasteiger partial charge is 0.497 e. The number of benzene rings is 2. The van der Waals surface area contributed by atoms with Gasteiger partial charge in [0.25, 0.3) is 0 Å². The number of ketones is 1. The predicted molar refractivity (Wildman–Crippen MR) is 80.0 cm³/mol. The number of hydrogen-bond donors (Lipinski definition) is 0. The number of hydrogen-bond acceptors (Lipinski definition) is 4. The van der Waals surface area contributed by atoms with Gasteiger partial charge in [-0.25, -0.2) is 0 Å². The van der Waals surface area contributed by atoms with Gasteiger partial charge in [-0.1, -0.05) is 30.3 Å². The summed E-state index contributed by atoms with van der Waals surface area (Å²) in [6.45, 7) is 0. The number of Topliss-reactive ketones (excluding diaryl/α,β-unsaturated/α-hetero) is 1. The van der Waals surface area contributed by atoms with Gasteiger partial charge in [-0.3, -0.25) is 4.79 Å². The van der Waals surface area contributed by atoms with E-state index in [2.05, 4.69) is 0 Å². The van der Waals surface area contributed by atoms with Crippen molar-refractivity contribution in [1.82, 2.24) is 0 Å². The molecular weight excluding hydrogens is 280 g/mol. The van der Waals surface area contributed by atoms with Crippen molar-refractivity contribution in [3.05, 3.63) is 65.7 Å².